The largest absolute Gasteiger partial charge is 0.351 e. The highest BCUT2D eigenvalue weighted by atomic mass is 16.5. The van der Waals surface area contributed by atoms with Crippen LogP contribution >= 0.6 is 0 Å². The number of hydrogen-bond acceptors (Lipinski definition) is 4. The zero-order valence-electron chi connectivity index (χ0n) is 14.6. The van der Waals surface area contributed by atoms with Crippen molar-refractivity contribution in [2.24, 2.45) is 0 Å². The molecule has 7 nitrogen and oxygen atoms in total. The number of carbonyl (C=O) groups is 2. The van der Waals surface area contributed by atoms with Crippen LogP contribution in [0.25, 0.3) is 0 Å². The van der Waals surface area contributed by atoms with Gasteiger partial charge in [-0.25, -0.2) is 0 Å². The van der Waals surface area contributed by atoms with Crippen LogP contribution in [-0.4, -0.2) is 51.5 Å². The van der Waals surface area contributed by atoms with Gasteiger partial charge in [-0.3, -0.25) is 14.4 Å². The van der Waals surface area contributed by atoms with Gasteiger partial charge in [-0.1, -0.05) is 36.4 Å². The first-order valence-corrected chi connectivity index (χ1v) is 9.11. The Morgan fingerprint density at radius 3 is 2.70 bits per heavy atom. The summed E-state index contributed by atoms with van der Waals surface area (Å²) < 4.78 is 6.21. The Kier molecular flexibility index (Phi) is 3.48. The van der Waals surface area contributed by atoms with Crippen molar-refractivity contribution in [3.8, 4) is 0 Å². The van der Waals surface area contributed by atoms with Crippen LogP contribution in [0.1, 0.15) is 34.9 Å². The van der Waals surface area contributed by atoms with Crippen molar-refractivity contribution < 1.29 is 14.3 Å². The highest BCUT2D eigenvalue weighted by molar-refractivity contribution is 5.94. The van der Waals surface area contributed by atoms with Crippen molar-refractivity contribution >= 4 is 11.8 Å². The molecule has 1 aromatic heterocycles. The Hall–Kier alpha value is -2.93. The molecule has 0 saturated carbocycles. The lowest BCUT2D eigenvalue weighted by Crippen LogP contribution is -2.49. The normalized spacial score (nSPS) is 29.1. The highest BCUT2D eigenvalue weighted by Gasteiger charge is 2.65. The molecule has 4 heterocycles. The first kappa shape index (κ1) is 16.3. The molecule has 3 saturated heterocycles. The fourth-order valence-corrected chi connectivity index (χ4v) is 4.74. The summed E-state index contributed by atoms with van der Waals surface area (Å²) in [4.78, 5) is 43.5. The van der Waals surface area contributed by atoms with Crippen LogP contribution in [0.5, 0.6) is 0 Å². The third-order valence-corrected chi connectivity index (χ3v) is 5.90. The molecular weight excluding hydrogens is 346 g/mol. The first-order valence-electron chi connectivity index (χ1n) is 9.11. The minimum atomic E-state index is -0.762. The molecule has 3 atom stereocenters. The number of rotatable bonds is 2. The first-order chi connectivity index (χ1) is 13.1. The molecule has 1 spiro atoms. The topological polar surface area (TPSA) is 82.7 Å². The highest BCUT2D eigenvalue weighted by Crippen LogP contribution is 2.51. The van der Waals surface area contributed by atoms with Crippen LogP contribution in [0.4, 0.5) is 0 Å². The molecule has 1 N–H and O–H groups in total. The Morgan fingerprint density at radius 2 is 1.93 bits per heavy atom. The van der Waals surface area contributed by atoms with E-state index in [-0.39, 0.29) is 41.6 Å². The molecule has 3 aliphatic rings. The maximum Gasteiger partial charge on any atom is 0.270 e. The third-order valence-electron chi connectivity index (χ3n) is 5.90. The Labute approximate surface area is 155 Å². The molecule has 2 aromatic rings. The molecule has 0 unspecified atom stereocenters. The number of pyridine rings is 1. The number of aromatic nitrogens is 1. The van der Waals surface area contributed by atoms with Crippen LogP contribution in [0.15, 0.2) is 53.3 Å². The van der Waals surface area contributed by atoms with Gasteiger partial charge in [-0.15, -0.1) is 0 Å². The number of benzene rings is 1. The van der Waals surface area contributed by atoms with Gasteiger partial charge in [-0.2, -0.15) is 0 Å². The van der Waals surface area contributed by atoms with Gasteiger partial charge in [0.15, 0.2) is 5.72 Å². The molecule has 27 heavy (non-hydrogen) atoms. The van der Waals surface area contributed by atoms with Gasteiger partial charge in [0, 0.05) is 19.0 Å². The molecule has 1 aromatic carbocycles. The van der Waals surface area contributed by atoms with Crippen LogP contribution in [0, 0.1) is 0 Å². The van der Waals surface area contributed by atoms with Gasteiger partial charge < -0.3 is 19.5 Å². The summed E-state index contributed by atoms with van der Waals surface area (Å²) >= 11 is 0. The van der Waals surface area contributed by atoms with Gasteiger partial charge >= 0.3 is 0 Å². The number of amides is 2. The lowest BCUT2D eigenvalue weighted by Gasteiger charge is -2.33. The van der Waals surface area contributed by atoms with Crippen molar-refractivity contribution in [1.82, 2.24) is 14.8 Å². The lowest BCUT2D eigenvalue weighted by molar-refractivity contribution is -0.138. The fourth-order valence-electron chi connectivity index (χ4n) is 4.74. The molecule has 2 amide bonds. The van der Waals surface area contributed by atoms with E-state index < -0.39 is 5.72 Å². The van der Waals surface area contributed by atoms with Crippen LogP contribution in [0.3, 0.4) is 0 Å². The molecule has 5 rings (SSSR count). The van der Waals surface area contributed by atoms with Gasteiger partial charge in [0.1, 0.15) is 5.69 Å². The van der Waals surface area contributed by atoms with E-state index in [1.165, 1.54) is 6.07 Å². The van der Waals surface area contributed by atoms with E-state index in [2.05, 4.69) is 4.98 Å². The summed E-state index contributed by atoms with van der Waals surface area (Å²) in [5, 5.41) is 0. The summed E-state index contributed by atoms with van der Waals surface area (Å²) in [6.45, 7) is 0.919. The number of likely N-dealkylation sites (tertiary alicyclic amines) is 1. The van der Waals surface area contributed by atoms with Crippen molar-refractivity contribution in [2.75, 3.05) is 13.2 Å². The van der Waals surface area contributed by atoms with Crippen LogP contribution < -0.4 is 5.56 Å². The smallest absolute Gasteiger partial charge is 0.270 e. The second-order valence-electron chi connectivity index (χ2n) is 7.24. The maximum absolute atomic E-state index is 13.0. The van der Waals surface area contributed by atoms with E-state index in [9.17, 15) is 14.4 Å². The fraction of sp³-hybridized carbons (Fsp3) is 0.350. The van der Waals surface area contributed by atoms with Gasteiger partial charge in [0.2, 0.25) is 11.5 Å². The number of ether oxygens (including phenoxy) is 1. The van der Waals surface area contributed by atoms with Crippen LogP contribution in [-0.2, 0) is 9.53 Å². The predicted molar refractivity (Wildman–Crippen MR) is 95.8 cm³/mol. The monoisotopic (exact) mass is 365 g/mol. The summed E-state index contributed by atoms with van der Waals surface area (Å²) in [6, 6.07) is 13.9. The average molecular weight is 365 g/mol. The zero-order chi connectivity index (χ0) is 18.6. The molecule has 3 fully saturated rings. The number of carbonyl (C=O) groups excluding carboxylic acids is 2. The van der Waals surface area contributed by atoms with E-state index in [1.807, 2.05) is 35.2 Å². The van der Waals surface area contributed by atoms with Gasteiger partial charge in [0.25, 0.3) is 5.91 Å². The number of H-pyrrole nitrogens is 1. The average Bonchev–Trinajstić information content (AvgIpc) is 3.31. The van der Waals surface area contributed by atoms with E-state index in [0.29, 0.717) is 19.6 Å². The molecule has 0 bridgehead atoms. The maximum atomic E-state index is 13.0. The summed E-state index contributed by atoms with van der Waals surface area (Å²) in [7, 11) is 0. The Morgan fingerprint density at radius 1 is 1.11 bits per heavy atom. The van der Waals surface area contributed by atoms with E-state index >= 15 is 0 Å². The van der Waals surface area contributed by atoms with E-state index in [4.69, 9.17) is 4.74 Å². The number of aromatic amines is 1. The minimum Gasteiger partial charge on any atom is -0.351 e. The lowest BCUT2D eigenvalue weighted by atomic mass is 10.0. The minimum absolute atomic E-state index is 0.00501. The SMILES string of the molecule is O=C(c1cccc(=O)[nH]1)N1CC[C@@]23OC[C@@H](c4ccccc4)N2C(=O)C[C@@H]13. The van der Waals surface area contributed by atoms with Gasteiger partial charge in [0.05, 0.1) is 25.1 Å². The molecule has 0 aliphatic carbocycles. The van der Waals surface area contributed by atoms with E-state index in [1.54, 1.807) is 17.0 Å². The van der Waals surface area contributed by atoms with Crippen molar-refractivity contribution in [3.63, 3.8) is 0 Å². The van der Waals surface area contributed by atoms with E-state index in [0.717, 1.165) is 5.56 Å². The Bertz CT molecular complexity index is 972. The molecule has 7 heteroatoms. The second-order valence-corrected chi connectivity index (χ2v) is 7.24. The molecule has 0 radical (unpaired) electrons. The summed E-state index contributed by atoms with van der Waals surface area (Å²) in [5.41, 5.74) is 0.200. The van der Waals surface area contributed by atoms with Gasteiger partial charge in [-0.05, 0) is 11.6 Å². The predicted octanol–water partition coefficient (Wildman–Crippen LogP) is 1.29. The zero-order valence-corrected chi connectivity index (χ0v) is 14.6. The summed E-state index contributed by atoms with van der Waals surface area (Å²) in [6.07, 6.45) is 0.821. The Balaban J connectivity index is 1.47. The van der Waals surface area contributed by atoms with Crippen LogP contribution in [0.2, 0.25) is 0 Å². The molecular formula is C20H19N3O4. The van der Waals surface area contributed by atoms with Crippen molar-refractivity contribution in [1.29, 1.82) is 0 Å². The molecule has 138 valence electrons. The quantitative estimate of drug-likeness (QED) is 0.869. The molecule has 3 aliphatic heterocycles. The standard InChI is InChI=1S/C20H19N3O4/c24-17-8-4-7-14(21-17)19(26)22-10-9-20-16(22)11-18(25)23(20)15(12-27-20)13-5-2-1-3-6-13/h1-8,15-16H,9-12H2,(H,21,24)/t15-,16+,20-/m0/s1. The number of nitrogens with one attached hydrogen (secondary N) is 1. The summed E-state index contributed by atoms with van der Waals surface area (Å²) in [5.74, 6) is -0.263. The number of nitrogens with zero attached hydrogens (tertiary/aromatic N) is 2. The second kappa shape index (κ2) is 5.79. The third kappa shape index (κ3) is 2.28. The number of hydrogen-bond donors (Lipinski definition) is 1. The van der Waals surface area contributed by atoms with Crippen molar-refractivity contribution in [2.45, 2.75) is 30.7 Å². The van der Waals surface area contributed by atoms with Crippen molar-refractivity contribution in [3.05, 3.63) is 70.1 Å².